The molecule has 2 N–H and O–H groups in total. The van der Waals surface area contributed by atoms with Crippen LogP contribution in [0.15, 0.2) is 12.4 Å². The monoisotopic (exact) mass is 237 g/mol. The Morgan fingerprint density at radius 2 is 2.35 bits per heavy atom. The van der Waals surface area contributed by atoms with Crippen molar-refractivity contribution < 1.29 is 9.47 Å². The molecule has 17 heavy (non-hydrogen) atoms. The molecule has 1 saturated heterocycles. The van der Waals surface area contributed by atoms with Crippen molar-refractivity contribution in [1.29, 1.82) is 0 Å². The fraction of sp³-hybridized carbons (Fsp3) is 0.667. The first-order valence-corrected chi connectivity index (χ1v) is 6.03. The standard InChI is InChI=1S/C12H19N3O2/c1-16-12-11(14-6-7-15-12)10(13)5-4-9-3-2-8-17-9/h6-7,9-10H,2-5,8,13H2,1H3. The highest BCUT2D eigenvalue weighted by atomic mass is 16.5. The average Bonchev–Trinajstić information content (AvgIpc) is 2.89. The van der Waals surface area contributed by atoms with E-state index in [4.69, 9.17) is 15.2 Å². The lowest BCUT2D eigenvalue weighted by atomic mass is 10.0. The summed E-state index contributed by atoms with van der Waals surface area (Å²) in [5.41, 5.74) is 6.84. The van der Waals surface area contributed by atoms with Crippen molar-refractivity contribution in [2.75, 3.05) is 13.7 Å². The Kier molecular flexibility index (Phi) is 4.28. The van der Waals surface area contributed by atoms with E-state index < -0.39 is 0 Å². The Bertz CT molecular complexity index is 353. The minimum absolute atomic E-state index is 0.136. The molecule has 1 aromatic rings. The van der Waals surface area contributed by atoms with E-state index >= 15 is 0 Å². The van der Waals surface area contributed by atoms with E-state index in [2.05, 4.69) is 9.97 Å². The van der Waals surface area contributed by atoms with E-state index in [1.165, 1.54) is 0 Å². The molecule has 5 heteroatoms. The van der Waals surface area contributed by atoms with Crippen molar-refractivity contribution in [2.24, 2.45) is 5.73 Å². The second kappa shape index (κ2) is 5.93. The lowest BCUT2D eigenvalue weighted by Gasteiger charge is -2.15. The van der Waals surface area contributed by atoms with Crippen LogP contribution in [0, 0.1) is 0 Å². The highest BCUT2D eigenvalue weighted by molar-refractivity contribution is 5.20. The van der Waals surface area contributed by atoms with Gasteiger partial charge in [0.2, 0.25) is 5.88 Å². The second-order valence-electron chi connectivity index (χ2n) is 4.27. The molecule has 2 heterocycles. The Hall–Kier alpha value is -1.20. The molecule has 1 aromatic heterocycles. The first kappa shape index (κ1) is 12.3. The Morgan fingerprint density at radius 1 is 1.53 bits per heavy atom. The first-order chi connectivity index (χ1) is 8.31. The van der Waals surface area contributed by atoms with Crippen LogP contribution >= 0.6 is 0 Å². The van der Waals surface area contributed by atoms with Crippen LogP contribution in [0.5, 0.6) is 5.88 Å². The van der Waals surface area contributed by atoms with Crippen LogP contribution in [-0.4, -0.2) is 29.8 Å². The number of hydrogen-bond donors (Lipinski definition) is 1. The van der Waals surface area contributed by atoms with Gasteiger partial charge >= 0.3 is 0 Å². The number of rotatable bonds is 5. The number of hydrogen-bond acceptors (Lipinski definition) is 5. The smallest absolute Gasteiger partial charge is 0.236 e. The molecule has 1 fully saturated rings. The van der Waals surface area contributed by atoms with E-state index in [0.717, 1.165) is 38.0 Å². The maximum atomic E-state index is 6.11. The lowest BCUT2D eigenvalue weighted by Crippen LogP contribution is -2.17. The van der Waals surface area contributed by atoms with Gasteiger partial charge in [0, 0.05) is 19.0 Å². The van der Waals surface area contributed by atoms with Gasteiger partial charge < -0.3 is 15.2 Å². The molecule has 0 aliphatic carbocycles. The summed E-state index contributed by atoms with van der Waals surface area (Å²) < 4.78 is 10.7. The van der Waals surface area contributed by atoms with Crippen LogP contribution in [0.4, 0.5) is 0 Å². The Balaban J connectivity index is 1.91. The van der Waals surface area contributed by atoms with Crippen LogP contribution in [0.25, 0.3) is 0 Å². The largest absolute Gasteiger partial charge is 0.480 e. The lowest BCUT2D eigenvalue weighted by molar-refractivity contribution is 0.100. The summed E-state index contributed by atoms with van der Waals surface area (Å²) in [7, 11) is 1.58. The molecule has 0 spiro atoms. The van der Waals surface area contributed by atoms with Crippen molar-refractivity contribution >= 4 is 0 Å². The van der Waals surface area contributed by atoms with Crippen molar-refractivity contribution in [3.05, 3.63) is 18.1 Å². The molecule has 2 unspecified atom stereocenters. The summed E-state index contributed by atoms with van der Waals surface area (Å²) >= 11 is 0. The predicted octanol–water partition coefficient (Wildman–Crippen LogP) is 1.44. The number of nitrogens with two attached hydrogens (primary N) is 1. The molecular weight excluding hydrogens is 218 g/mol. The van der Waals surface area contributed by atoms with Crippen LogP contribution < -0.4 is 10.5 Å². The number of methoxy groups -OCH3 is 1. The predicted molar refractivity (Wildman–Crippen MR) is 63.7 cm³/mol. The van der Waals surface area contributed by atoms with Gasteiger partial charge in [0.25, 0.3) is 0 Å². The molecule has 2 atom stereocenters. The van der Waals surface area contributed by atoms with Crippen molar-refractivity contribution in [3.8, 4) is 5.88 Å². The first-order valence-electron chi connectivity index (χ1n) is 6.03. The number of ether oxygens (including phenoxy) is 2. The molecule has 0 bridgehead atoms. The summed E-state index contributed by atoms with van der Waals surface area (Å²) in [6, 6.07) is -0.136. The molecule has 94 valence electrons. The third-order valence-corrected chi connectivity index (χ3v) is 3.06. The average molecular weight is 237 g/mol. The van der Waals surface area contributed by atoms with E-state index in [0.29, 0.717) is 12.0 Å². The maximum Gasteiger partial charge on any atom is 0.236 e. The highest BCUT2D eigenvalue weighted by Crippen LogP contribution is 2.25. The summed E-state index contributed by atoms with van der Waals surface area (Å²) in [5.74, 6) is 0.521. The molecule has 1 aliphatic rings. The van der Waals surface area contributed by atoms with Gasteiger partial charge in [-0.1, -0.05) is 0 Å². The van der Waals surface area contributed by atoms with Gasteiger partial charge in [-0.3, -0.25) is 4.98 Å². The van der Waals surface area contributed by atoms with E-state index in [-0.39, 0.29) is 6.04 Å². The normalized spacial score (nSPS) is 21.4. The third kappa shape index (κ3) is 3.14. The number of nitrogens with zero attached hydrogens (tertiary/aromatic N) is 2. The second-order valence-corrected chi connectivity index (χ2v) is 4.27. The van der Waals surface area contributed by atoms with Gasteiger partial charge in [-0.25, -0.2) is 4.98 Å². The molecule has 0 aromatic carbocycles. The van der Waals surface area contributed by atoms with Gasteiger partial charge in [-0.15, -0.1) is 0 Å². The molecule has 1 aliphatic heterocycles. The molecule has 0 amide bonds. The molecule has 2 rings (SSSR count). The molecule has 5 nitrogen and oxygen atoms in total. The topological polar surface area (TPSA) is 70.3 Å². The van der Waals surface area contributed by atoms with Crippen LogP contribution in [0.3, 0.4) is 0 Å². The minimum Gasteiger partial charge on any atom is -0.480 e. The maximum absolute atomic E-state index is 6.11. The quantitative estimate of drug-likeness (QED) is 0.839. The molecule has 0 radical (unpaired) electrons. The van der Waals surface area contributed by atoms with E-state index in [1.54, 1.807) is 19.5 Å². The zero-order valence-corrected chi connectivity index (χ0v) is 10.1. The van der Waals surface area contributed by atoms with Crippen molar-refractivity contribution in [1.82, 2.24) is 9.97 Å². The minimum atomic E-state index is -0.136. The Morgan fingerprint density at radius 3 is 3.06 bits per heavy atom. The van der Waals surface area contributed by atoms with Crippen LogP contribution in [0.1, 0.15) is 37.4 Å². The Labute approximate surface area is 101 Å². The van der Waals surface area contributed by atoms with Crippen LogP contribution in [-0.2, 0) is 4.74 Å². The summed E-state index contributed by atoms with van der Waals surface area (Å²) in [6.07, 6.45) is 7.74. The zero-order valence-electron chi connectivity index (χ0n) is 10.1. The zero-order chi connectivity index (χ0) is 12.1. The highest BCUT2D eigenvalue weighted by Gasteiger charge is 2.19. The van der Waals surface area contributed by atoms with E-state index in [1.807, 2.05) is 0 Å². The molecule has 0 saturated carbocycles. The SMILES string of the molecule is COc1nccnc1C(N)CCC1CCCO1. The summed E-state index contributed by atoms with van der Waals surface area (Å²) in [4.78, 5) is 8.34. The van der Waals surface area contributed by atoms with Gasteiger partial charge in [0.15, 0.2) is 0 Å². The van der Waals surface area contributed by atoms with Gasteiger partial charge in [-0.2, -0.15) is 0 Å². The van der Waals surface area contributed by atoms with E-state index in [9.17, 15) is 0 Å². The van der Waals surface area contributed by atoms with Gasteiger partial charge in [0.1, 0.15) is 5.69 Å². The third-order valence-electron chi connectivity index (χ3n) is 3.06. The number of aromatic nitrogens is 2. The summed E-state index contributed by atoms with van der Waals surface area (Å²) in [5, 5.41) is 0. The van der Waals surface area contributed by atoms with Gasteiger partial charge in [-0.05, 0) is 25.7 Å². The van der Waals surface area contributed by atoms with Crippen molar-refractivity contribution in [3.63, 3.8) is 0 Å². The van der Waals surface area contributed by atoms with Crippen molar-refractivity contribution in [2.45, 2.75) is 37.8 Å². The van der Waals surface area contributed by atoms with Crippen LogP contribution in [0.2, 0.25) is 0 Å². The van der Waals surface area contributed by atoms with Gasteiger partial charge in [0.05, 0.1) is 19.3 Å². The fourth-order valence-electron chi connectivity index (χ4n) is 2.12. The molecular formula is C12H19N3O2. The summed E-state index contributed by atoms with van der Waals surface area (Å²) in [6.45, 7) is 0.883. The fourth-order valence-corrected chi connectivity index (χ4v) is 2.12.